The van der Waals surface area contributed by atoms with Crippen LogP contribution in [0.4, 0.5) is 0 Å². The van der Waals surface area contributed by atoms with Gasteiger partial charge in [0, 0.05) is 64.6 Å². The van der Waals surface area contributed by atoms with Crippen molar-refractivity contribution in [3.63, 3.8) is 0 Å². The number of ether oxygens (including phenoxy) is 6. The second kappa shape index (κ2) is 25.2. The average Bonchev–Trinajstić information content (AvgIpc) is 2.91. The Kier molecular flexibility index (Phi) is 24.0. The van der Waals surface area contributed by atoms with Crippen LogP contribution in [0.3, 0.4) is 0 Å². The molecule has 230 valence electrons. The predicted molar refractivity (Wildman–Crippen MR) is 147 cm³/mol. The number of amides is 3. The Labute approximate surface area is 234 Å². The monoisotopic (exact) mass is 563 g/mol. The van der Waals surface area contributed by atoms with Crippen LogP contribution in [0.2, 0.25) is 0 Å². The van der Waals surface area contributed by atoms with E-state index in [1.54, 1.807) is 7.11 Å². The highest BCUT2D eigenvalue weighted by Crippen LogP contribution is 2.29. The summed E-state index contributed by atoms with van der Waals surface area (Å²) >= 11 is 0. The minimum absolute atomic E-state index is 0.104. The molecule has 0 aliphatic rings. The summed E-state index contributed by atoms with van der Waals surface area (Å²) in [5, 5.41) is 8.36. The van der Waals surface area contributed by atoms with Crippen molar-refractivity contribution in [2.24, 2.45) is 11.3 Å². The van der Waals surface area contributed by atoms with E-state index in [0.29, 0.717) is 72.5 Å². The van der Waals surface area contributed by atoms with E-state index >= 15 is 0 Å². The maximum Gasteiger partial charge on any atom is 0.222 e. The topological polar surface area (TPSA) is 143 Å². The molecule has 0 radical (unpaired) electrons. The zero-order chi connectivity index (χ0) is 29.2. The van der Waals surface area contributed by atoms with Crippen LogP contribution in [0.15, 0.2) is 0 Å². The minimum Gasteiger partial charge on any atom is -0.383 e. The van der Waals surface area contributed by atoms with E-state index in [1.807, 2.05) is 13.8 Å². The maximum absolute atomic E-state index is 12.0. The number of nitrogens with one attached hydrogen (secondary N) is 3. The third-order valence-electron chi connectivity index (χ3n) is 5.99. The van der Waals surface area contributed by atoms with Gasteiger partial charge in [-0.15, -0.1) is 0 Å². The summed E-state index contributed by atoms with van der Waals surface area (Å²) in [7, 11) is 1.58. The van der Waals surface area contributed by atoms with E-state index < -0.39 is 5.41 Å². The third-order valence-corrected chi connectivity index (χ3v) is 5.99. The van der Waals surface area contributed by atoms with Gasteiger partial charge in [-0.3, -0.25) is 14.4 Å². The molecule has 12 nitrogen and oxygen atoms in total. The van der Waals surface area contributed by atoms with Crippen molar-refractivity contribution >= 4 is 17.7 Å². The molecule has 0 aliphatic heterocycles. The molecule has 0 aromatic rings. The Morgan fingerprint density at radius 3 is 1.26 bits per heavy atom. The number of methoxy groups -OCH3 is 1. The first-order valence-corrected chi connectivity index (χ1v) is 14.0. The van der Waals surface area contributed by atoms with Gasteiger partial charge in [0.1, 0.15) is 0 Å². The van der Waals surface area contributed by atoms with Crippen molar-refractivity contribution in [1.82, 2.24) is 16.0 Å². The SMILES string of the molecule is CCOCCNC(=O)CCOCC(COCCC(=O)NCCOC)(COCCC(=O)NCCOCC)C(C)C. The molecule has 39 heavy (non-hydrogen) atoms. The highest BCUT2D eigenvalue weighted by Gasteiger charge is 2.35. The van der Waals surface area contributed by atoms with Gasteiger partial charge in [0.05, 0.1) is 59.5 Å². The van der Waals surface area contributed by atoms with Crippen LogP contribution in [-0.2, 0) is 42.8 Å². The zero-order valence-corrected chi connectivity index (χ0v) is 24.8. The summed E-state index contributed by atoms with van der Waals surface area (Å²) in [6.07, 6.45) is 0.681. The van der Waals surface area contributed by atoms with Crippen LogP contribution >= 0.6 is 0 Å². The van der Waals surface area contributed by atoms with Crippen LogP contribution in [0.25, 0.3) is 0 Å². The smallest absolute Gasteiger partial charge is 0.222 e. The standard InChI is InChI=1S/C27H53N3O9/c1-6-35-18-12-29-25(32)9-15-38-21-27(23(3)4,20-37-14-8-24(31)28-11-17-34-5)22-39-16-10-26(33)30-13-19-36-7-2/h23H,6-22H2,1-5H3,(H,28,31)(H,29,32)(H,30,33). The molecule has 12 heteroatoms. The number of carbonyl (C=O) groups excluding carboxylic acids is 3. The minimum atomic E-state index is -0.524. The van der Waals surface area contributed by atoms with Gasteiger partial charge in [0.2, 0.25) is 17.7 Å². The Hall–Kier alpha value is -1.83. The first-order valence-electron chi connectivity index (χ1n) is 14.0. The Morgan fingerprint density at radius 2 is 0.949 bits per heavy atom. The first kappa shape index (κ1) is 37.2. The van der Waals surface area contributed by atoms with Gasteiger partial charge in [-0.25, -0.2) is 0 Å². The lowest BCUT2D eigenvalue weighted by molar-refractivity contribution is -0.126. The maximum atomic E-state index is 12.0. The van der Waals surface area contributed by atoms with Gasteiger partial charge < -0.3 is 44.4 Å². The quantitative estimate of drug-likeness (QED) is 0.124. The zero-order valence-electron chi connectivity index (χ0n) is 24.8. The molecule has 3 amide bonds. The van der Waals surface area contributed by atoms with Gasteiger partial charge in [-0.05, 0) is 19.8 Å². The van der Waals surface area contributed by atoms with Gasteiger partial charge in [0.25, 0.3) is 0 Å². The van der Waals surface area contributed by atoms with Gasteiger partial charge >= 0.3 is 0 Å². The van der Waals surface area contributed by atoms with Gasteiger partial charge in [0.15, 0.2) is 0 Å². The average molecular weight is 564 g/mol. The lowest BCUT2D eigenvalue weighted by Gasteiger charge is -2.37. The van der Waals surface area contributed by atoms with Crippen LogP contribution in [0.1, 0.15) is 47.0 Å². The summed E-state index contributed by atoms with van der Waals surface area (Å²) in [6.45, 7) is 13.6. The van der Waals surface area contributed by atoms with Crippen LogP contribution in [-0.4, -0.2) is 117 Å². The molecule has 0 rings (SSSR count). The highest BCUT2D eigenvalue weighted by atomic mass is 16.5. The molecule has 0 aliphatic carbocycles. The van der Waals surface area contributed by atoms with E-state index in [1.165, 1.54) is 0 Å². The van der Waals surface area contributed by atoms with E-state index in [4.69, 9.17) is 28.4 Å². The molecule has 3 N–H and O–H groups in total. The summed E-state index contributed by atoms with van der Waals surface area (Å²) < 4.78 is 33.1. The van der Waals surface area contributed by atoms with Crippen LogP contribution in [0, 0.1) is 11.3 Å². The molecule has 0 saturated heterocycles. The highest BCUT2D eigenvalue weighted by molar-refractivity contribution is 5.76. The summed E-state index contributed by atoms with van der Waals surface area (Å²) in [5.41, 5.74) is -0.524. The molecular weight excluding hydrogens is 510 g/mol. The summed E-state index contributed by atoms with van der Waals surface area (Å²) in [6, 6.07) is 0. The van der Waals surface area contributed by atoms with Crippen molar-refractivity contribution in [2.75, 3.05) is 99.4 Å². The van der Waals surface area contributed by atoms with Crippen molar-refractivity contribution in [2.45, 2.75) is 47.0 Å². The molecule has 0 aromatic carbocycles. The molecule has 0 unspecified atom stereocenters. The molecule has 0 heterocycles. The van der Waals surface area contributed by atoms with Crippen LogP contribution in [0.5, 0.6) is 0 Å². The van der Waals surface area contributed by atoms with Crippen molar-refractivity contribution in [1.29, 1.82) is 0 Å². The second-order valence-corrected chi connectivity index (χ2v) is 9.36. The number of carbonyl (C=O) groups is 3. The molecular formula is C27H53N3O9. The summed E-state index contributed by atoms with van der Waals surface area (Å²) in [4.78, 5) is 36.0. The Bertz CT molecular complexity index is 604. The third kappa shape index (κ3) is 20.7. The molecule has 0 atom stereocenters. The molecule has 0 spiro atoms. The second-order valence-electron chi connectivity index (χ2n) is 9.36. The van der Waals surface area contributed by atoms with Crippen molar-refractivity contribution in [3.8, 4) is 0 Å². The van der Waals surface area contributed by atoms with Crippen molar-refractivity contribution < 1.29 is 42.8 Å². The van der Waals surface area contributed by atoms with Crippen molar-refractivity contribution in [3.05, 3.63) is 0 Å². The van der Waals surface area contributed by atoms with E-state index in [-0.39, 0.29) is 62.7 Å². The lowest BCUT2D eigenvalue weighted by atomic mass is 9.79. The Morgan fingerprint density at radius 1 is 0.590 bits per heavy atom. The normalized spacial score (nSPS) is 11.5. The molecule has 0 aromatic heterocycles. The van der Waals surface area contributed by atoms with E-state index in [9.17, 15) is 14.4 Å². The molecule has 0 bridgehead atoms. The van der Waals surface area contributed by atoms with Gasteiger partial charge in [-0.1, -0.05) is 13.8 Å². The van der Waals surface area contributed by atoms with E-state index in [0.717, 1.165) is 0 Å². The van der Waals surface area contributed by atoms with Gasteiger partial charge in [-0.2, -0.15) is 0 Å². The number of hydrogen-bond acceptors (Lipinski definition) is 9. The number of rotatable bonds is 27. The summed E-state index contributed by atoms with van der Waals surface area (Å²) in [5.74, 6) is -0.215. The fraction of sp³-hybridized carbons (Fsp3) is 0.889. The van der Waals surface area contributed by atoms with Crippen LogP contribution < -0.4 is 16.0 Å². The fourth-order valence-electron chi connectivity index (χ4n) is 3.32. The van der Waals surface area contributed by atoms with E-state index in [2.05, 4.69) is 29.8 Å². The largest absolute Gasteiger partial charge is 0.383 e. The fourth-order valence-corrected chi connectivity index (χ4v) is 3.32. The molecule has 0 saturated carbocycles. The molecule has 0 fully saturated rings. The first-order chi connectivity index (χ1) is 18.8. The predicted octanol–water partition coefficient (Wildman–Crippen LogP) is 0.917. The number of hydrogen-bond donors (Lipinski definition) is 3. The lowest BCUT2D eigenvalue weighted by Crippen LogP contribution is -2.43. The Balaban J connectivity index is 4.77.